The first-order valence-electron chi connectivity index (χ1n) is 7.77. The molecule has 0 bridgehead atoms. The minimum Gasteiger partial charge on any atom is -0.467 e. The zero-order chi connectivity index (χ0) is 16.9. The third-order valence-electron chi connectivity index (χ3n) is 3.93. The van der Waals surface area contributed by atoms with E-state index in [1.54, 1.807) is 18.4 Å². The van der Waals surface area contributed by atoms with Gasteiger partial charge >= 0.3 is 6.03 Å². The lowest BCUT2D eigenvalue weighted by Gasteiger charge is -2.24. The number of amides is 3. The van der Waals surface area contributed by atoms with Gasteiger partial charge in [-0.2, -0.15) is 0 Å². The van der Waals surface area contributed by atoms with Gasteiger partial charge < -0.3 is 20.0 Å². The van der Waals surface area contributed by atoms with Gasteiger partial charge in [-0.05, 0) is 49.2 Å². The van der Waals surface area contributed by atoms with Crippen molar-refractivity contribution < 1.29 is 18.4 Å². The van der Waals surface area contributed by atoms with Crippen molar-refractivity contribution in [2.45, 2.75) is 25.4 Å². The van der Waals surface area contributed by atoms with Crippen LogP contribution >= 0.6 is 0 Å². The summed E-state index contributed by atoms with van der Waals surface area (Å²) < 4.78 is 18.1. The molecule has 7 heteroatoms. The number of furan rings is 1. The molecule has 0 spiro atoms. The Morgan fingerprint density at radius 3 is 2.75 bits per heavy atom. The van der Waals surface area contributed by atoms with E-state index in [4.69, 9.17) is 4.42 Å². The molecule has 2 heterocycles. The van der Waals surface area contributed by atoms with E-state index in [1.165, 1.54) is 29.2 Å². The fraction of sp³-hybridized carbons (Fsp3) is 0.294. The Labute approximate surface area is 138 Å². The maximum Gasteiger partial charge on any atom is 0.322 e. The highest BCUT2D eigenvalue weighted by Crippen LogP contribution is 2.19. The smallest absolute Gasteiger partial charge is 0.322 e. The number of rotatable bonds is 4. The largest absolute Gasteiger partial charge is 0.467 e. The second kappa shape index (κ2) is 7.16. The molecule has 1 saturated heterocycles. The van der Waals surface area contributed by atoms with Crippen molar-refractivity contribution in [3.63, 3.8) is 0 Å². The van der Waals surface area contributed by atoms with Crippen LogP contribution in [0.25, 0.3) is 0 Å². The van der Waals surface area contributed by atoms with Crippen LogP contribution in [0.3, 0.4) is 0 Å². The molecule has 3 amide bonds. The highest BCUT2D eigenvalue weighted by Gasteiger charge is 2.34. The number of halogens is 1. The van der Waals surface area contributed by atoms with Gasteiger partial charge in [-0.25, -0.2) is 9.18 Å². The third-order valence-corrected chi connectivity index (χ3v) is 3.93. The molecule has 24 heavy (non-hydrogen) atoms. The highest BCUT2D eigenvalue weighted by atomic mass is 19.1. The molecule has 2 aromatic rings. The molecule has 126 valence electrons. The first-order chi connectivity index (χ1) is 11.6. The maximum atomic E-state index is 12.9. The summed E-state index contributed by atoms with van der Waals surface area (Å²) in [6.45, 7) is 0.793. The van der Waals surface area contributed by atoms with Crippen molar-refractivity contribution in [2.24, 2.45) is 0 Å². The van der Waals surface area contributed by atoms with Crippen LogP contribution in [-0.4, -0.2) is 29.4 Å². The van der Waals surface area contributed by atoms with E-state index in [0.717, 1.165) is 6.42 Å². The zero-order valence-corrected chi connectivity index (χ0v) is 13.0. The number of nitrogens with one attached hydrogen (secondary N) is 2. The highest BCUT2D eigenvalue weighted by molar-refractivity contribution is 5.94. The van der Waals surface area contributed by atoms with Gasteiger partial charge in [0.15, 0.2) is 0 Å². The standard InChI is InChI=1S/C17H18FN3O3/c18-12-5-7-13(8-6-12)20-17(23)21-9-1-4-15(21)16(22)19-11-14-3-2-10-24-14/h2-3,5-8,10,15H,1,4,9,11H2,(H,19,22)(H,20,23)/t15-/m1/s1. The van der Waals surface area contributed by atoms with Crippen molar-refractivity contribution in [1.29, 1.82) is 0 Å². The van der Waals surface area contributed by atoms with E-state index in [2.05, 4.69) is 10.6 Å². The minimum absolute atomic E-state index is 0.210. The van der Waals surface area contributed by atoms with Gasteiger partial charge in [0, 0.05) is 12.2 Å². The lowest BCUT2D eigenvalue weighted by molar-refractivity contribution is -0.124. The van der Waals surface area contributed by atoms with Crippen molar-refractivity contribution in [2.75, 3.05) is 11.9 Å². The Bertz CT molecular complexity index is 700. The number of hydrogen-bond acceptors (Lipinski definition) is 3. The van der Waals surface area contributed by atoms with Crippen LogP contribution in [0, 0.1) is 5.82 Å². The fourth-order valence-electron chi connectivity index (χ4n) is 2.72. The van der Waals surface area contributed by atoms with Crippen molar-refractivity contribution in [1.82, 2.24) is 10.2 Å². The molecule has 1 aromatic heterocycles. The molecule has 0 radical (unpaired) electrons. The van der Waals surface area contributed by atoms with Gasteiger partial charge in [-0.3, -0.25) is 4.79 Å². The maximum absolute atomic E-state index is 12.9. The van der Waals surface area contributed by atoms with Crippen LogP contribution in [0.5, 0.6) is 0 Å². The number of benzene rings is 1. The lowest BCUT2D eigenvalue weighted by atomic mass is 10.2. The first kappa shape index (κ1) is 16.0. The molecule has 1 aromatic carbocycles. The normalized spacial score (nSPS) is 16.9. The van der Waals surface area contributed by atoms with Crippen LogP contribution in [-0.2, 0) is 11.3 Å². The van der Waals surface area contributed by atoms with Crippen molar-refractivity contribution in [3.8, 4) is 0 Å². The first-order valence-corrected chi connectivity index (χ1v) is 7.77. The molecular formula is C17H18FN3O3. The molecule has 1 atom stereocenters. The van der Waals surface area contributed by atoms with Gasteiger partial charge in [0.1, 0.15) is 17.6 Å². The summed E-state index contributed by atoms with van der Waals surface area (Å²) in [5.41, 5.74) is 0.489. The van der Waals surface area contributed by atoms with E-state index >= 15 is 0 Å². The molecule has 6 nitrogen and oxygen atoms in total. The minimum atomic E-state index is -0.514. The number of anilines is 1. The molecule has 2 N–H and O–H groups in total. The summed E-state index contributed by atoms with van der Waals surface area (Å²) in [5.74, 6) is 0.0752. The molecule has 3 rings (SSSR count). The molecule has 1 fully saturated rings. The summed E-state index contributed by atoms with van der Waals surface area (Å²) >= 11 is 0. The summed E-state index contributed by atoms with van der Waals surface area (Å²) in [5, 5.41) is 5.47. The number of carbonyl (C=O) groups is 2. The topological polar surface area (TPSA) is 74.6 Å². The molecule has 0 saturated carbocycles. The Morgan fingerprint density at radius 2 is 2.04 bits per heavy atom. The van der Waals surface area contributed by atoms with Crippen molar-refractivity contribution in [3.05, 3.63) is 54.2 Å². The van der Waals surface area contributed by atoms with E-state index < -0.39 is 6.04 Å². The second-order valence-corrected chi connectivity index (χ2v) is 5.59. The quantitative estimate of drug-likeness (QED) is 0.904. The van der Waals surface area contributed by atoms with Gasteiger partial charge in [-0.15, -0.1) is 0 Å². The number of carbonyl (C=O) groups excluding carboxylic acids is 2. The average Bonchev–Trinajstić information content (AvgIpc) is 3.26. The third kappa shape index (κ3) is 3.73. The summed E-state index contributed by atoms with van der Waals surface area (Å²) in [6.07, 6.45) is 2.91. The number of likely N-dealkylation sites (tertiary alicyclic amines) is 1. The Balaban J connectivity index is 1.58. The number of urea groups is 1. The summed E-state index contributed by atoms with van der Waals surface area (Å²) in [4.78, 5) is 26.2. The average molecular weight is 331 g/mol. The molecular weight excluding hydrogens is 313 g/mol. The Morgan fingerprint density at radius 1 is 1.25 bits per heavy atom. The second-order valence-electron chi connectivity index (χ2n) is 5.59. The van der Waals surface area contributed by atoms with E-state index in [1.807, 2.05) is 0 Å². The van der Waals surface area contributed by atoms with Gasteiger partial charge in [0.25, 0.3) is 0 Å². The summed E-state index contributed by atoms with van der Waals surface area (Å²) in [6, 6.07) is 8.15. The van der Waals surface area contributed by atoms with Gasteiger partial charge in [0.2, 0.25) is 5.91 Å². The van der Waals surface area contributed by atoms with Gasteiger partial charge in [0.05, 0.1) is 12.8 Å². The number of nitrogens with zero attached hydrogens (tertiary/aromatic N) is 1. The predicted octanol–water partition coefficient (Wildman–Crippen LogP) is 2.73. The van der Waals surface area contributed by atoms with Crippen LogP contribution in [0.2, 0.25) is 0 Å². The van der Waals surface area contributed by atoms with Crippen LogP contribution in [0.4, 0.5) is 14.9 Å². The Kier molecular flexibility index (Phi) is 4.79. The van der Waals surface area contributed by atoms with E-state index in [-0.39, 0.29) is 24.3 Å². The summed E-state index contributed by atoms with van der Waals surface area (Å²) in [7, 11) is 0. The van der Waals surface area contributed by atoms with Crippen molar-refractivity contribution >= 4 is 17.6 Å². The lowest BCUT2D eigenvalue weighted by Crippen LogP contribution is -2.47. The molecule has 0 unspecified atom stereocenters. The van der Waals surface area contributed by atoms with Crippen LogP contribution in [0.15, 0.2) is 47.1 Å². The SMILES string of the molecule is O=C(NCc1ccco1)[C@H]1CCCN1C(=O)Nc1ccc(F)cc1. The predicted molar refractivity (Wildman–Crippen MR) is 85.7 cm³/mol. The molecule has 1 aliphatic heterocycles. The Hall–Kier alpha value is -2.83. The van der Waals surface area contributed by atoms with E-state index in [0.29, 0.717) is 24.4 Å². The number of hydrogen-bond donors (Lipinski definition) is 2. The van der Waals surface area contributed by atoms with Gasteiger partial charge in [-0.1, -0.05) is 0 Å². The van der Waals surface area contributed by atoms with E-state index in [9.17, 15) is 14.0 Å². The molecule has 0 aliphatic carbocycles. The zero-order valence-electron chi connectivity index (χ0n) is 13.0. The molecule has 1 aliphatic rings. The van der Waals surface area contributed by atoms with Crippen LogP contribution in [0.1, 0.15) is 18.6 Å². The van der Waals surface area contributed by atoms with Crippen LogP contribution < -0.4 is 10.6 Å². The fourth-order valence-corrected chi connectivity index (χ4v) is 2.72. The monoisotopic (exact) mass is 331 g/mol.